The summed E-state index contributed by atoms with van der Waals surface area (Å²) in [6.07, 6.45) is 0. The lowest BCUT2D eigenvalue weighted by Crippen LogP contribution is -2.10. The van der Waals surface area contributed by atoms with Gasteiger partial charge < -0.3 is 9.32 Å². The van der Waals surface area contributed by atoms with Crippen molar-refractivity contribution in [3.05, 3.63) is 212 Å². The molecule has 0 amide bonds. The molecule has 12 rings (SSSR count). The summed E-state index contributed by atoms with van der Waals surface area (Å²) in [4.78, 5) is 12.2. The molecule has 12 aromatic rings. The fourth-order valence-electron chi connectivity index (χ4n) is 8.75. The van der Waals surface area contributed by atoms with Crippen molar-refractivity contribution in [1.29, 1.82) is 0 Å². The molecule has 0 saturated heterocycles. The van der Waals surface area contributed by atoms with E-state index in [4.69, 9.17) is 14.4 Å². The van der Waals surface area contributed by atoms with Crippen LogP contribution in [0.25, 0.3) is 98.9 Å². The Morgan fingerprint density at radius 2 is 0.833 bits per heavy atom. The van der Waals surface area contributed by atoms with E-state index < -0.39 is 0 Å². The minimum absolute atomic E-state index is 0.647. The predicted octanol–water partition coefficient (Wildman–Crippen LogP) is 15.5. The summed E-state index contributed by atoms with van der Waals surface area (Å²) in [6.45, 7) is 0. The highest BCUT2D eigenvalue weighted by Gasteiger charge is 2.16. The van der Waals surface area contributed by atoms with Gasteiger partial charge in [0.25, 0.3) is 0 Å². The van der Waals surface area contributed by atoms with Gasteiger partial charge in [-0.05, 0) is 122 Å². The second kappa shape index (κ2) is 13.8. The van der Waals surface area contributed by atoms with Gasteiger partial charge in [-0.2, -0.15) is 0 Å². The van der Waals surface area contributed by atoms with Crippen LogP contribution >= 0.6 is 0 Å². The highest BCUT2D eigenvalue weighted by Crippen LogP contribution is 2.40. The largest absolute Gasteiger partial charge is 0.438 e. The SMILES string of the molecule is c1ccc2cc(-c3ccc4c(ccc5cc(N(c6ccc(-c7ccc8ccccc8n7)cc6)c6ccc(-c7ccc8c(n7)oc7ccccc78)cc6)ccc54)c3)ccc2c1. The van der Waals surface area contributed by atoms with Crippen molar-refractivity contribution >= 4 is 82.4 Å². The van der Waals surface area contributed by atoms with Gasteiger partial charge in [-0.3, -0.25) is 0 Å². The Balaban J connectivity index is 0.929. The summed E-state index contributed by atoms with van der Waals surface area (Å²) >= 11 is 0. The van der Waals surface area contributed by atoms with Crippen LogP contribution in [0.2, 0.25) is 0 Å². The van der Waals surface area contributed by atoms with E-state index in [9.17, 15) is 0 Å². The van der Waals surface area contributed by atoms with Crippen LogP contribution in [-0.4, -0.2) is 9.97 Å². The van der Waals surface area contributed by atoms with E-state index in [0.29, 0.717) is 5.71 Å². The molecular weight excluding hydrogens is 731 g/mol. The first kappa shape index (κ1) is 34.0. The predicted molar refractivity (Wildman–Crippen MR) is 250 cm³/mol. The zero-order valence-electron chi connectivity index (χ0n) is 32.5. The lowest BCUT2D eigenvalue weighted by molar-refractivity contribution is 0.654. The van der Waals surface area contributed by atoms with Crippen LogP contribution < -0.4 is 4.90 Å². The van der Waals surface area contributed by atoms with Gasteiger partial charge in [-0.25, -0.2) is 9.97 Å². The quantitative estimate of drug-likeness (QED) is 0.158. The van der Waals surface area contributed by atoms with Gasteiger partial charge in [0.15, 0.2) is 0 Å². The molecule has 0 aliphatic heterocycles. The van der Waals surface area contributed by atoms with Crippen molar-refractivity contribution < 1.29 is 4.42 Å². The highest BCUT2D eigenvalue weighted by molar-refractivity contribution is 6.10. The van der Waals surface area contributed by atoms with E-state index in [0.717, 1.165) is 66.8 Å². The summed E-state index contributed by atoms with van der Waals surface area (Å²) < 4.78 is 6.13. The average molecular weight is 766 g/mol. The number of pyridine rings is 2. The lowest BCUT2D eigenvalue weighted by atomic mass is 9.96. The number of fused-ring (bicyclic) bond motifs is 8. The number of aromatic nitrogens is 2. The first-order valence-corrected chi connectivity index (χ1v) is 20.3. The van der Waals surface area contributed by atoms with E-state index in [2.05, 4.69) is 187 Å². The fraction of sp³-hybridized carbons (Fsp3) is 0. The fourth-order valence-corrected chi connectivity index (χ4v) is 8.75. The molecule has 3 aromatic heterocycles. The van der Waals surface area contributed by atoms with Gasteiger partial charge in [-0.1, -0.05) is 133 Å². The Bertz CT molecular complexity index is 3610. The molecule has 280 valence electrons. The molecule has 0 aliphatic carbocycles. The molecule has 60 heavy (non-hydrogen) atoms. The van der Waals surface area contributed by atoms with Gasteiger partial charge >= 0.3 is 0 Å². The Kier molecular flexibility index (Phi) is 7.82. The van der Waals surface area contributed by atoms with Crippen molar-refractivity contribution in [2.45, 2.75) is 0 Å². The Morgan fingerprint density at radius 3 is 1.62 bits per heavy atom. The zero-order chi connectivity index (χ0) is 39.6. The topological polar surface area (TPSA) is 42.2 Å². The molecular formula is C56H35N3O. The van der Waals surface area contributed by atoms with Crippen molar-refractivity contribution in [2.24, 2.45) is 0 Å². The maximum atomic E-state index is 6.13. The first-order chi connectivity index (χ1) is 29.7. The molecule has 3 heterocycles. The third kappa shape index (κ3) is 5.85. The highest BCUT2D eigenvalue weighted by atomic mass is 16.3. The number of para-hydroxylation sites is 2. The summed E-state index contributed by atoms with van der Waals surface area (Å²) in [5.74, 6) is 0. The third-order valence-electron chi connectivity index (χ3n) is 11.8. The van der Waals surface area contributed by atoms with Crippen LogP contribution in [0.5, 0.6) is 0 Å². The van der Waals surface area contributed by atoms with Gasteiger partial charge in [0.1, 0.15) is 5.58 Å². The van der Waals surface area contributed by atoms with E-state index in [1.807, 2.05) is 30.3 Å². The van der Waals surface area contributed by atoms with Crippen LogP contribution in [0.4, 0.5) is 17.1 Å². The van der Waals surface area contributed by atoms with E-state index >= 15 is 0 Å². The summed E-state index contributed by atoms with van der Waals surface area (Å²) in [5, 5.41) is 10.6. The Hall–Kier alpha value is -8.08. The average Bonchev–Trinajstić information content (AvgIpc) is 3.69. The summed E-state index contributed by atoms with van der Waals surface area (Å²) in [7, 11) is 0. The van der Waals surface area contributed by atoms with Gasteiger partial charge in [-0.15, -0.1) is 0 Å². The third-order valence-corrected chi connectivity index (χ3v) is 11.8. The molecule has 0 aliphatic rings. The van der Waals surface area contributed by atoms with Crippen LogP contribution in [0.3, 0.4) is 0 Å². The molecule has 9 aromatic carbocycles. The van der Waals surface area contributed by atoms with Gasteiger partial charge in [0.05, 0.1) is 16.9 Å². The summed E-state index contributed by atoms with van der Waals surface area (Å²) in [6, 6.07) is 75.5. The number of benzene rings is 9. The molecule has 4 nitrogen and oxygen atoms in total. The number of rotatable bonds is 6. The van der Waals surface area contributed by atoms with Crippen LogP contribution in [0.1, 0.15) is 0 Å². The maximum Gasteiger partial charge on any atom is 0.227 e. The Morgan fingerprint density at radius 1 is 0.317 bits per heavy atom. The number of hydrogen-bond acceptors (Lipinski definition) is 4. The molecule has 0 atom stereocenters. The molecule has 4 heteroatoms. The molecule has 0 saturated carbocycles. The van der Waals surface area contributed by atoms with Crippen LogP contribution in [0, 0.1) is 0 Å². The van der Waals surface area contributed by atoms with E-state index in [1.165, 1.54) is 43.4 Å². The van der Waals surface area contributed by atoms with Crippen molar-refractivity contribution in [2.75, 3.05) is 4.90 Å². The van der Waals surface area contributed by atoms with Crippen LogP contribution in [-0.2, 0) is 0 Å². The summed E-state index contributed by atoms with van der Waals surface area (Å²) in [5.41, 5.74) is 12.0. The second-order valence-electron chi connectivity index (χ2n) is 15.4. The zero-order valence-corrected chi connectivity index (χ0v) is 32.5. The number of anilines is 3. The van der Waals surface area contributed by atoms with Crippen LogP contribution in [0.15, 0.2) is 217 Å². The normalized spacial score (nSPS) is 11.7. The molecule has 0 N–H and O–H groups in total. The standard InChI is InChI=1S/C56H35N3O/c1-2-9-40-33-41(14-13-36(40)7-1)42-21-28-48-43(34-42)15-16-44-35-47(27-29-49(44)48)59(45-23-17-38(18-24-45)53-31-22-37-8-3-5-11-52(37)57-53)46-25-19-39(20-26-46)54-32-30-51-50-10-4-6-12-55(50)60-56(51)58-54/h1-35H. The smallest absolute Gasteiger partial charge is 0.227 e. The number of furan rings is 1. The van der Waals surface area contributed by atoms with Crippen molar-refractivity contribution in [3.63, 3.8) is 0 Å². The molecule has 0 spiro atoms. The number of hydrogen-bond donors (Lipinski definition) is 0. The first-order valence-electron chi connectivity index (χ1n) is 20.3. The van der Waals surface area contributed by atoms with Gasteiger partial charge in [0.2, 0.25) is 5.71 Å². The lowest BCUT2D eigenvalue weighted by Gasteiger charge is -2.26. The molecule has 0 fully saturated rings. The Labute approximate surface area is 346 Å². The second-order valence-corrected chi connectivity index (χ2v) is 15.4. The molecule has 0 unspecified atom stereocenters. The van der Waals surface area contributed by atoms with E-state index in [1.54, 1.807) is 0 Å². The number of nitrogens with zero attached hydrogens (tertiary/aromatic N) is 3. The van der Waals surface area contributed by atoms with Gasteiger partial charge in [0, 0.05) is 44.3 Å². The van der Waals surface area contributed by atoms with Crippen molar-refractivity contribution in [3.8, 4) is 33.6 Å². The van der Waals surface area contributed by atoms with E-state index in [-0.39, 0.29) is 0 Å². The minimum Gasteiger partial charge on any atom is -0.438 e. The molecule has 0 radical (unpaired) electrons. The minimum atomic E-state index is 0.647. The van der Waals surface area contributed by atoms with Crippen molar-refractivity contribution in [1.82, 2.24) is 9.97 Å². The molecule has 0 bridgehead atoms. The maximum absolute atomic E-state index is 6.13. The monoisotopic (exact) mass is 765 g/mol.